The molecule has 0 aliphatic rings. The molecule has 1 nitrogen and oxygen atoms in total. The average Bonchev–Trinajstić information content (AvgIpc) is 1.85. The molecular formula is C7H15NS. The third-order valence-corrected chi connectivity index (χ3v) is 1.73. The second kappa shape index (κ2) is 6.17. The minimum absolute atomic E-state index is 0.805. The molecule has 0 aromatic heterocycles. The first-order valence-electron chi connectivity index (χ1n) is 3.19. The molecule has 0 aliphatic carbocycles. The zero-order chi connectivity index (χ0) is 7.11. The van der Waals surface area contributed by atoms with E-state index in [1.807, 2.05) is 0 Å². The Morgan fingerprint density at radius 3 is 2.78 bits per heavy atom. The van der Waals surface area contributed by atoms with Gasteiger partial charge in [0.15, 0.2) is 0 Å². The van der Waals surface area contributed by atoms with Crippen LogP contribution >= 0.6 is 11.8 Å². The fourth-order valence-electron chi connectivity index (χ4n) is 0.641. The molecule has 2 heteroatoms. The second-order valence-corrected chi connectivity index (χ2v) is 2.80. The summed E-state index contributed by atoms with van der Waals surface area (Å²) in [5.74, 6) is 0. The number of hydrogen-bond acceptors (Lipinski definition) is 2. The summed E-state index contributed by atoms with van der Waals surface area (Å²) in [7, 11) is 0. The van der Waals surface area contributed by atoms with Crippen LogP contribution in [0, 0.1) is 0 Å². The summed E-state index contributed by atoms with van der Waals surface area (Å²) in [6, 6.07) is 0. The molecule has 2 N–H and O–H groups in total. The molecule has 0 rings (SSSR count). The van der Waals surface area contributed by atoms with Crippen LogP contribution in [0.5, 0.6) is 0 Å². The molecule has 0 aromatic rings. The van der Waals surface area contributed by atoms with Crippen molar-refractivity contribution in [1.29, 1.82) is 0 Å². The summed E-state index contributed by atoms with van der Waals surface area (Å²) in [5, 5.41) is 2.18. The number of nitrogens with two attached hydrogens (primary N) is 1. The Bertz CT molecular complexity index is 88.9. The predicted octanol–water partition coefficient (Wildman–Crippen LogP) is 1.99. The van der Waals surface area contributed by atoms with Crippen molar-refractivity contribution in [2.24, 2.45) is 5.73 Å². The Hall–Kier alpha value is 0.0500. The number of hydrogen-bond donors (Lipinski definition) is 1. The van der Waals surface area contributed by atoms with Crippen LogP contribution in [0.3, 0.4) is 0 Å². The molecule has 0 saturated carbocycles. The molecule has 0 saturated heterocycles. The van der Waals surface area contributed by atoms with Gasteiger partial charge in [0.05, 0.1) is 0 Å². The molecule has 0 bridgehead atoms. The van der Waals surface area contributed by atoms with E-state index in [9.17, 15) is 0 Å². The Morgan fingerprint density at radius 1 is 1.67 bits per heavy atom. The van der Waals surface area contributed by atoms with Crippen LogP contribution in [-0.2, 0) is 0 Å². The van der Waals surface area contributed by atoms with Crippen molar-refractivity contribution in [2.45, 2.75) is 19.8 Å². The predicted molar refractivity (Wildman–Crippen MR) is 45.6 cm³/mol. The molecule has 0 spiro atoms. The van der Waals surface area contributed by atoms with Gasteiger partial charge in [-0.3, -0.25) is 0 Å². The molecule has 0 radical (unpaired) electrons. The average molecular weight is 145 g/mol. The highest BCUT2D eigenvalue weighted by Gasteiger charge is 1.86. The van der Waals surface area contributed by atoms with Crippen molar-refractivity contribution in [3.05, 3.63) is 11.0 Å². The smallest absolute Gasteiger partial charge is 0.00742 e. The van der Waals surface area contributed by atoms with E-state index in [0.29, 0.717) is 0 Å². The molecule has 0 fully saturated rings. The largest absolute Gasteiger partial charge is 0.330 e. The number of rotatable bonds is 4. The van der Waals surface area contributed by atoms with Crippen LogP contribution in [0.4, 0.5) is 0 Å². The monoisotopic (exact) mass is 145 g/mol. The van der Waals surface area contributed by atoms with Gasteiger partial charge in [0, 0.05) is 0 Å². The van der Waals surface area contributed by atoms with Gasteiger partial charge in [0.1, 0.15) is 0 Å². The van der Waals surface area contributed by atoms with Gasteiger partial charge < -0.3 is 5.73 Å². The minimum atomic E-state index is 0.805. The zero-order valence-corrected chi connectivity index (χ0v) is 7.00. The van der Waals surface area contributed by atoms with Gasteiger partial charge >= 0.3 is 0 Å². The topological polar surface area (TPSA) is 26.0 Å². The highest BCUT2D eigenvalue weighted by Crippen LogP contribution is 2.07. The van der Waals surface area contributed by atoms with Gasteiger partial charge in [0.25, 0.3) is 0 Å². The van der Waals surface area contributed by atoms with Crippen molar-refractivity contribution >= 4 is 11.8 Å². The Morgan fingerprint density at radius 2 is 2.33 bits per heavy atom. The minimum Gasteiger partial charge on any atom is -0.330 e. The first-order valence-corrected chi connectivity index (χ1v) is 4.48. The van der Waals surface area contributed by atoms with Crippen molar-refractivity contribution < 1.29 is 0 Å². The summed E-state index contributed by atoms with van der Waals surface area (Å²) in [5.41, 5.74) is 6.78. The van der Waals surface area contributed by atoms with E-state index in [2.05, 4.69) is 18.6 Å². The van der Waals surface area contributed by atoms with Crippen LogP contribution in [0.2, 0.25) is 0 Å². The number of allylic oxidation sites excluding steroid dienone is 1. The normalized spacial score (nSPS) is 12.1. The lowest BCUT2D eigenvalue weighted by atomic mass is 10.2. The third kappa shape index (κ3) is 5.93. The van der Waals surface area contributed by atoms with Crippen LogP contribution in [-0.4, -0.2) is 12.8 Å². The summed E-state index contributed by atoms with van der Waals surface area (Å²) in [6.45, 7) is 2.95. The van der Waals surface area contributed by atoms with Crippen LogP contribution in [0.1, 0.15) is 19.8 Å². The fraction of sp³-hybridized carbons (Fsp3) is 0.714. The molecule has 54 valence electrons. The second-order valence-electron chi connectivity index (χ2n) is 2.09. The highest BCUT2D eigenvalue weighted by atomic mass is 32.2. The van der Waals surface area contributed by atoms with E-state index in [-0.39, 0.29) is 0 Å². The molecule has 0 unspecified atom stereocenters. The van der Waals surface area contributed by atoms with Gasteiger partial charge in [-0.25, -0.2) is 0 Å². The standard InChI is InChI=1S/C7H15NS/c1-7(6-9-2)4-3-5-8/h6H,3-5,8H2,1-2H3/b7-6-. The van der Waals surface area contributed by atoms with Crippen molar-refractivity contribution in [2.75, 3.05) is 12.8 Å². The summed E-state index contributed by atoms with van der Waals surface area (Å²) < 4.78 is 0. The maximum Gasteiger partial charge on any atom is -0.00742 e. The van der Waals surface area contributed by atoms with Gasteiger partial charge in [0.2, 0.25) is 0 Å². The summed E-state index contributed by atoms with van der Waals surface area (Å²) >= 11 is 1.76. The van der Waals surface area contributed by atoms with Gasteiger partial charge in [-0.05, 0) is 38.0 Å². The van der Waals surface area contributed by atoms with E-state index in [0.717, 1.165) is 19.4 Å². The molecule has 0 heterocycles. The lowest BCUT2D eigenvalue weighted by Gasteiger charge is -1.95. The van der Waals surface area contributed by atoms with Crippen LogP contribution < -0.4 is 5.73 Å². The van der Waals surface area contributed by atoms with E-state index < -0.39 is 0 Å². The Kier molecular flexibility index (Phi) is 6.21. The van der Waals surface area contributed by atoms with E-state index in [1.54, 1.807) is 11.8 Å². The molecule has 0 aromatic carbocycles. The summed E-state index contributed by atoms with van der Waals surface area (Å²) in [6.07, 6.45) is 4.34. The van der Waals surface area contributed by atoms with E-state index >= 15 is 0 Å². The molecule has 0 atom stereocenters. The fourth-order valence-corrected chi connectivity index (χ4v) is 1.16. The van der Waals surface area contributed by atoms with E-state index in [1.165, 1.54) is 5.57 Å². The van der Waals surface area contributed by atoms with Crippen LogP contribution in [0.15, 0.2) is 11.0 Å². The molecular weight excluding hydrogens is 130 g/mol. The Balaban J connectivity index is 3.25. The zero-order valence-electron chi connectivity index (χ0n) is 6.18. The molecule has 0 amide bonds. The highest BCUT2D eigenvalue weighted by molar-refractivity contribution is 8.01. The lowest BCUT2D eigenvalue weighted by molar-refractivity contribution is 0.825. The molecule has 0 aliphatic heterocycles. The first kappa shape index (κ1) is 9.05. The third-order valence-electron chi connectivity index (χ3n) is 1.09. The lowest BCUT2D eigenvalue weighted by Crippen LogP contribution is -1.97. The van der Waals surface area contributed by atoms with Gasteiger partial charge in [-0.2, -0.15) is 0 Å². The van der Waals surface area contributed by atoms with Gasteiger partial charge in [-0.1, -0.05) is 5.57 Å². The molecule has 9 heavy (non-hydrogen) atoms. The van der Waals surface area contributed by atoms with Crippen LogP contribution in [0.25, 0.3) is 0 Å². The Labute approximate surface area is 61.7 Å². The van der Waals surface area contributed by atoms with Crippen molar-refractivity contribution in [3.8, 4) is 0 Å². The van der Waals surface area contributed by atoms with E-state index in [4.69, 9.17) is 5.73 Å². The van der Waals surface area contributed by atoms with Gasteiger partial charge in [-0.15, -0.1) is 11.8 Å². The quantitative estimate of drug-likeness (QED) is 0.654. The van der Waals surface area contributed by atoms with Crippen molar-refractivity contribution in [3.63, 3.8) is 0 Å². The number of thioether (sulfide) groups is 1. The summed E-state index contributed by atoms with van der Waals surface area (Å²) in [4.78, 5) is 0. The van der Waals surface area contributed by atoms with Crippen molar-refractivity contribution in [1.82, 2.24) is 0 Å². The SMILES string of the molecule is CS/C=C(/C)CCCN. The maximum absolute atomic E-state index is 5.34. The first-order chi connectivity index (χ1) is 4.31. The maximum atomic E-state index is 5.34.